The molecule has 0 amide bonds. The molecule has 2 atom stereocenters. The molecule has 0 aromatic heterocycles. The average molecular weight is 265 g/mol. The monoisotopic (exact) mass is 265 g/mol. The molecule has 0 spiro atoms. The molecule has 0 aliphatic carbocycles. The zero-order chi connectivity index (χ0) is 13.0. The molecule has 1 aromatic carbocycles. The molecule has 0 saturated heterocycles. The highest BCUT2D eigenvalue weighted by Crippen LogP contribution is 2.31. The van der Waals surface area contributed by atoms with Crippen molar-refractivity contribution in [3.63, 3.8) is 0 Å². The van der Waals surface area contributed by atoms with Crippen LogP contribution in [0.2, 0.25) is 0 Å². The highest BCUT2D eigenvalue weighted by atomic mass is 32.2. The second-order valence-electron chi connectivity index (χ2n) is 5.39. The average Bonchev–Trinajstić information content (AvgIpc) is 2.36. The Hall–Kier alpha value is -0.510. The highest BCUT2D eigenvalue weighted by Gasteiger charge is 2.24. The van der Waals surface area contributed by atoms with Crippen LogP contribution in [-0.2, 0) is 5.75 Å². The summed E-state index contributed by atoms with van der Waals surface area (Å²) >= 11 is 1.97. The third-order valence-electron chi connectivity index (χ3n) is 3.49. The normalized spacial score (nSPS) is 22.3. The summed E-state index contributed by atoms with van der Waals surface area (Å²) in [7, 11) is 0. The molecule has 2 rings (SSSR count). The van der Waals surface area contributed by atoms with Crippen molar-refractivity contribution in [3.8, 4) is 0 Å². The van der Waals surface area contributed by atoms with E-state index >= 15 is 0 Å². The molecule has 3 heteroatoms. The summed E-state index contributed by atoms with van der Waals surface area (Å²) in [6.45, 7) is 4.70. The predicted octanol–water partition coefficient (Wildman–Crippen LogP) is 3.12. The second kappa shape index (κ2) is 6.09. The van der Waals surface area contributed by atoms with E-state index in [2.05, 4.69) is 36.5 Å². The number of benzene rings is 1. The van der Waals surface area contributed by atoms with Gasteiger partial charge in [-0.25, -0.2) is 0 Å². The fraction of sp³-hybridized carbons (Fsp3) is 0.600. The van der Waals surface area contributed by atoms with Crippen molar-refractivity contribution in [3.05, 3.63) is 35.4 Å². The molecule has 0 bridgehead atoms. The molecule has 1 aliphatic rings. The van der Waals surface area contributed by atoms with E-state index in [0.717, 1.165) is 24.3 Å². The quantitative estimate of drug-likeness (QED) is 0.858. The van der Waals surface area contributed by atoms with Gasteiger partial charge in [-0.3, -0.25) is 0 Å². The molecule has 2 unspecified atom stereocenters. The van der Waals surface area contributed by atoms with Gasteiger partial charge in [-0.2, -0.15) is 11.8 Å². The molecule has 2 nitrogen and oxygen atoms in total. The lowest BCUT2D eigenvalue weighted by molar-refractivity contribution is 0.0477. The van der Waals surface area contributed by atoms with Crippen LogP contribution >= 0.6 is 11.8 Å². The van der Waals surface area contributed by atoms with E-state index in [1.54, 1.807) is 0 Å². The van der Waals surface area contributed by atoms with Crippen LogP contribution in [0.4, 0.5) is 0 Å². The Labute approximate surface area is 114 Å². The fourth-order valence-electron chi connectivity index (χ4n) is 2.52. The van der Waals surface area contributed by atoms with Crippen molar-refractivity contribution in [1.82, 2.24) is 5.32 Å². The van der Waals surface area contributed by atoms with Gasteiger partial charge in [0.1, 0.15) is 0 Å². The van der Waals surface area contributed by atoms with Crippen molar-refractivity contribution in [2.45, 2.75) is 44.1 Å². The Morgan fingerprint density at radius 3 is 3.00 bits per heavy atom. The summed E-state index contributed by atoms with van der Waals surface area (Å²) < 4.78 is 0. The summed E-state index contributed by atoms with van der Waals surface area (Å²) in [5, 5.41) is 13.8. The molecule has 2 N–H and O–H groups in total. The number of hydrogen-bond donors (Lipinski definition) is 2. The van der Waals surface area contributed by atoms with Crippen molar-refractivity contribution < 1.29 is 5.11 Å². The van der Waals surface area contributed by atoms with E-state index in [-0.39, 0.29) is 0 Å². The van der Waals surface area contributed by atoms with Gasteiger partial charge in [0.2, 0.25) is 0 Å². The zero-order valence-electron chi connectivity index (χ0n) is 11.3. The zero-order valence-corrected chi connectivity index (χ0v) is 12.1. The molecule has 0 fully saturated rings. The molecule has 1 aliphatic heterocycles. The number of aliphatic hydroxyl groups is 1. The first-order valence-corrected chi connectivity index (χ1v) is 7.89. The van der Waals surface area contributed by atoms with Crippen LogP contribution in [0.3, 0.4) is 0 Å². The molecule has 18 heavy (non-hydrogen) atoms. The van der Waals surface area contributed by atoms with E-state index in [9.17, 15) is 5.11 Å². The van der Waals surface area contributed by atoms with E-state index in [1.165, 1.54) is 11.1 Å². The van der Waals surface area contributed by atoms with Crippen LogP contribution in [-0.4, -0.2) is 23.0 Å². The highest BCUT2D eigenvalue weighted by molar-refractivity contribution is 7.98. The summed E-state index contributed by atoms with van der Waals surface area (Å²) in [5.41, 5.74) is 2.25. The Kier molecular flexibility index (Phi) is 4.71. The van der Waals surface area contributed by atoms with Gasteiger partial charge in [0.15, 0.2) is 0 Å². The van der Waals surface area contributed by atoms with E-state index in [4.69, 9.17) is 0 Å². The third-order valence-corrected chi connectivity index (χ3v) is 4.57. The van der Waals surface area contributed by atoms with Gasteiger partial charge in [-0.15, -0.1) is 0 Å². The number of rotatable bonds is 5. The molecule has 1 aromatic rings. The van der Waals surface area contributed by atoms with Crippen molar-refractivity contribution in [1.29, 1.82) is 0 Å². The largest absolute Gasteiger partial charge is 0.389 e. The summed E-state index contributed by atoms with van der Waals surface area (Å²) in [5.74, 6) is 2.21. The van der Waals surface area contributed by atoms with Crippen molar-refractivity contribution in [2.75, 3.05) is 12.3 Å². The smallest absolute Gasteiger partial charge is 0.0743 e. The maximum Gasteiger partial charge on any atom is 0.0743 e. The predicted molar refractivity (Wildman–Crippen MR) is 78.9 cm³/mol. The number of thioether (sulfide) groups is 1. The molecule has 100 valence electrons. The van der Waals surface area contributed by atoms with Crippen molar-refractivity contribution in [2.24, 2.45) is 0 Å². The Bertz CT molecular complexity index is 392. The topological polar surface area (TPSA) is 32.3 Å². The fourth-order valence-corrected chi connectivity index (χ4v) is 3.65. The van der Waals surface area contributed by atoms with Crippen LogP contribution in [0, 0.1) is 0 Å². The van der Waals surface area contributed by atoms with Gasteiger partial charge in [-0.1, -0.05) is 37.6 Å². The number of hydrogen-bond acceptors (Lipinski definition) is 3. The number of fused-ring (bicyclic) bond motifs is 1. The first-order chi connectivity index (χ1) is 8.62. The standard InChI is InChI=1S/C15H23NOS/c1-3-8-15(2,17)11-16-14-10-18-9-12-6-4-5-7-13(12)14/h4-7,14,16-17H,3,8-11H2,1-2H3. The lowest BCUT2D eigenvalue weighted by Gasteiger charge is -2.30. The molecular formula is C15H23NOS. The second-order valence-corrected chi connectivity index (χ2v) is 6.42. The summed E-state index contributed by atoms with van der Waals surface area (Å²) in [4.78, 5) is 0. The summed E-state index contributed by atoms with van der Waals surface area (Å²) in [6.07, 6.45) is 1.87. The van der Waals surface area contributed by atoms with E-state index < -0.39 is 5.60 Å². The first kappa shape index (κ1) is 13.9. The molecular weight excluding hydrogens is 242 g/mol. The van der Waals surface area contributed by atoms with Crippen LogP contribution in [0.25, 0.3) is 0 Å². The van der Waals surface area contributed by atoms with Gasteiger partial charge < -0.3 is 10.4 Å². The Balaban J connectivity index is 1.99. The molecule has 0 radical (unpaired) electrons. The minimum absolute atomic E-state index is 0.378. The van der Waals surface area contributed by atoms with Crippen LogP contribution in [0.15, 0.2) is 24.3 Å². The first-order valence-electron chi connectivity index (χ1n) is 6.74. The molecule has 1 heterocycles. The van der Waals surface area contributed by atoms with E-state index in [1.807, 2.05) is 18.7 Å². The molecule has 0 saturated carbocycles. The van der Waals surface area contributed by atoms with Gasteiger partial charge in [0, 0.05) is 24.1 Å². The van der Waals surface area contributed by atoms with Crippen LogP contribution in [0.5, 0.6) is 0 Å². The van der Waals surface area contributed by atoms with Crippen LogP contribution < -0.4 is 5.32 Å². The summed E-state index contributed by atoms with van der Waals surface area (Å²) in [6, 6.07) is 9.01. The van der Waals surface area contributed by atoms with Crippen LogP contribution in [0.1, 0.15) is 43.9 Å². The third kappa shape index (κ3) is 3.50. The Morgan fingerprint density at radius 1 is 1.44 bits per heavy atom. The SMILES string of the molecule is CCCC(C)(O)CNC1CSCc2ccccc21. The van der Waals surface area contributed by atoms with Gasteiger partial charge in [0.25, 0.3) is 0 Å². The minimum Gasteiger partial charge on any atom is -0.389 e. The number of nitrogens with one attached hydrogen (secondary N) is 1. The minimum atomic E-state index is -0.591. The lowest BCUT2D eigenvalue weighted by Crippen LogP contribution is -2.40. The lowest BCUT2D eigenvalue weighted by atomic mass is 9.98. The van der Waals surface area contributed by atoms with Gasteiger partial charge in [0.05, 0.1) is 5.60 Å². The maximum absolute atomic E-state index is 10.2. The van der Waals surface area contributed by atoms with E-state index in [0.29, 0.717) is 12.6 Å². The maximum atomic E-state index is 10.2. The van der Waals surface area contributed by atoms with Gasteiger partial charge in [-0.05, 0) is 24.5 Å². The Morgan fingerprint density at radius 2 is 2.22 bits per heavy atom. The van der Waals surface area contributed by atoms with Gasteiger partial charge >= 0.3 is 0 Å². The van der Waals surface area contributed by atoms with Crippen molar-refractivity contribution >= 4 is 11.8 Å².